The number of aryl methyl sites for hydroxylation is 1. The Bertz CT molecular complexity index is 1460. The number of nitrogens with zero attached hydrogens (tertiary/aromatic N) is 4. The largest absolute Gasteiger partial charge is 0.416 e. The highest BCUT2D eigenvalue weighted by atomic mass is 32.2. The lowest BCUT2D eigenvalue weighted by Crippen LogP contribution is -2.10. The molecule has 0 aliphatic carbocycles. The number of aliphatic hydroxyl groups is 1. The van der Waals surface area contributed by atoms with Crippen LogP contribution in [0.15, 0.2) is 53.0 Å². The highest BCUT2D eigenvalue weighted by Crippen LogP contribution is 2.34. The number of carbonyl (C=O) groups is 1. The SMILES string of the molecule is Cn1cc2c3cc(C(=O)N=S(C)(=O)CCO)ccc3n(-c3ccc(C(F)(F)F)cc3)c2n1. The Kier molecular flexibility index (Phi) is 5.33. The number of hydrogen-bond acceptors (Lipinski definition) is 4. The van der Waals surface area contributed by atoms with E-state index < -0.39 is 27.4 Å². The molecule has 0 saturated carbocycles. The second kappa shape index (κ2) is 7.75. The number of rotatable bonds is 4. The first-order valence-corrected chi connectivity index (χ1v) is 11.6. The van der Waals surface area contributed by atoms with Crippen molar-refractivity contribution in [1.29, 1.82) is 0 Å². The van der Waals surface area contributed by atoms with Gasteiger partial charge in [0.15, 0.2) is 5.65 Å². The van der Waals surface area contributed by atoms with E-state index in [4.69, 9.17) is 5.11 Å². The molecule has 0 aliphatic rings. The molecule has 0 bridgehead atoms. The number of amides is 1. The predicted molar refractivity (Wildman–Crippen MR) is 115 cm³/mol. The minimum absolute atomic E-state index is 0.113. The van der Waals surface area contributed by atoms with E-state index in [0.29, 0.717) is 27.6 Å². The Labute approximate surface area is 181 Å². The lowest BCUT2D eigenvalue weighted by atomic mass is 10.1. The van der Waals surface area contributed by atoms with E-state index >= 15 is 0 Å². The summed E-state index contributed by atoms with van der Waals surface area (Å²) in [5, 5.41) is 14.8. The molecule has 4 aromatic rings. The molecule has 1 atom stereocenters. The maximum atomic E-state index is 13.0. The summed E-state index contributed by atoms with van der Waals surface area (Å²) in [6.45, 7) is -0.350. The van der Waals surface area contributed by atoms with Crippen LogP contribution in [0.2, 0.25) is 0 Å². The molecule has 7 nitrogen and oxygen atoms in total. The van der Waals surface area contributed by atoms with Crippen LogP contribution in [0.25, 0.3) is 27.6 Å². The van der Waals surface area contributed by atoms with E-state index in [-0.39, 0.29) is 17.9 Å². The van der Waals surface area contributed by atoms with E-state index in [1.54, 1.807) is 34.6 Å². The first-order valence-electron chi connectivity index (χ1n) is 9.50. The van der Waals surface area contributed by atoms with Gasteiger partial charge in [0.1, 0.15) is 0 Å². The molecule has 0 radical (unpaired) electrons. The van der Waals surface area contributed by atoms with Crippen molar-refractivity contribution < 1.29 is 27.3 Å². The van der Waals surface area contributed by atoms with E-state index in [0.717, 1.165) is 12.1 Å². The molecule has 0 saturated heterocycles. The van der Waals surface area contributed by atoms with Gasteiger partial charge in [-0.05, 0) is 42.5 Å². The fourth-order valence-electron chi connectivity index (χ4n) is 3.53. The molecule has 2 heterocycles. The predicted octanol–water partition coefficient (Wildman–Crippen LogP) is 3.77. The molecule has 2 aromatic carbocycles. The maximum Gasteiger partial charge on any atom is 0.416 e. The third-order valence-electron chi connectivity index (χ3n) is 4.99. The molecular weight excluding hydrogens is 445 g/mol. The van der Waals surface area contributed by atoms with E-state index in [1.807, 2.05) is 0 Å². The summed E-state index contributed by atoms with van der Waals surface area (Å²) in [7, 11) is -1.15. The Morgan fingerprint density at radius 1 is 1.16 bits per heavy atom. The van der Waals surface area contributed by atoms with Gasteiger partial charge in [-0.15, -0.1) is 0 Å². The van der Waals surface area contributed by atoms with Crippen molar-refractivity contribution in [2.75, 3.05) is 18.6 Å². The van der Waals surface area contributed by atoms with Crippen LogP contribution < -0.4 is 0 Å². The van der Waals surface area contributed by atoms with E-state index in [1.165, 1.54) is 24.5 Å². The average molecular weight is 464 g/mol. The number of carbonyl (C=O) groups excluding carboxylic acids is 1. The van der Waals surface area contributed by atoms with Crippen molar-refractivity contribution >= 4 is 37.6 Å². The number of halogens is 3. The van der Waals surface area contributed by atoms with Crippen LogP contribution in [0.5, 0.6) is 0 Å². The third-order valence-corrected chi connectivity index (χ3v) is 6.49. The van der Waals surface area contributed by atoms with E-state index in [2.05, 4.69) is 9.46 Å². The van der Waals surface area contributed by atoms with E-state index in [9.17, 15) is 22.2 Å². The maximum absolute atomic E-state index is 13.0. The van der Waals surface area contributed by atoms with Gasteiger partial charge in [-0.25, -0.2) is 4.21 Å². The summed E-state index contributed by atoms with van der Waals surface area (Å²) < 4.78 is 58.2. The highest BCUT2D eigenvalue weighted by molar-refractivity contribution is 7.93. The molecule has 168 valence electrons. The fourth-order valence-corrected chi connectivity index (χ4v) is 4.42. The van der Waals surface area contributed by atoms with Gasteiger partial charge in [-0.2, -0.15) is 22.6 Å². The molecule has 0 spiro atoms. The quantitative estimate of drug-likeness (QED) is 0.498. The Balaban J connectivity index is 1.88. The van der Waals surface area contributed by atoms with Crippen LogP contribution in [0, 0.1) is 0 Å². The number of aliphatic hydroxyl groups excluding tert-OH is 1. The first-order chi connectivity index (χ1) is 15.0. The van der Waals surface area contributed by atoms with Gasteiger partial charge in [-0.1, -0.05) is 0 Å². The van der Waals surface area contributed by atoms with Crippen LogP contribution in [0.3, 0.4) is 0 Å². The minimum atomic E-state index is -4.44. The van der Waals surface area contributed by atoms with Crippen molar-refractivity contribution in [2.45, 2.75) is 6.18 Å². The second-order valence-electron chi connectivity index (χ2n) is 7.44. The van der Waals surface area contributed by atoms with Crippen LogP contribution in [-0.2, 0) is 23.0 Å². The van der Waals surface area contributed by atoms with Gasteiger partial charge in [0.2, 0.25) is 0 Å². The fraction of sp³-hybridized carbons (Fsp3) is 0.238. The van der Waals surface area contributed by atoms with Crippen molar-refractivity contribution in [1.82, 2.24) is 14.3 Å². The standard InChI is InChI=1S/C21H19F3N4O3S/c1-27-12-17-16-11-13(20(30)26-32(2,31)10-9-29)3-8-18(16)28(19(17)25-27)15-6-4-14(5-7-15)21(22,23)24/h3-8,11-12,29H,9-10H2,1-2H3. The van der Waals surface area contributed by atoms with Crippen molar-refractivity contribution in [3.8, 4) is 5.69 Å². The van der Waals surface area contributed by atoms with Crippen molar-refractivity contribution in [3.05, 3.63) is 59.8 Å². The summed E-state index contributed by atoms with van der Waals surface area (Å²) in [6, 6.07) is 9.51. The number of benzene rings is 2. The molecule has 11 heteroatoms. The summed E-state index contributed by atoms with van der Waals surface area (Å²) in [5.74, 6) is -0.787. The topological polar surface area (TPSA) is 89.5 Å². The smallest absolute Gasteiger partial charge is 0.395 e. The van der Waals surface area contributed by atoms with Crippen LogP contribution in [0.1, 0.15) is 15.9 Å². The van der Waals surface area contributed by atoms with Crippen molar-refractivity contribution in [2.24, 2.45) is 11.4 Å². The normalized spacial score (nSPS) is 14.1. The van der Waals surface area contributed by atoms with Gasteiger partial charge in [0.25, 0.3) is 5.91 Å². The first kappa shape index (κ1) is 22.0. The van der Waals surface area contributed by atoms with Gasteiger partial charge in [0, 0.05) is 41.5 Å². The van der Waals surface area contributed by atoms with Crippen molar-refractivity contribution in [3.63, 3.8) is 0 Å². The average Bonchev–Trinajstić information content (AvgIpc) is 3.21. The number of alkyl halides is 3. The lowest BCUT2D eigenvalue weighted by molar-refractivity contribution is -0.137. The zero-order valence-electron chi connectivity index (χ0n) is 17.1. The molecule has 0 aliphatic heterocycles. The highest BCUT2D eigenvalue weighted by Gasteiger charge is 2.30. The molecule has 1 amide bonds. The molecule has 1 N–H and O–H groups in total. The monoisotopic (exact) mass is 464 g/mol. The molecule has 32 heavy (non-hydrogen) atoms. The summed E-state index contributed by atoms with van der Waals surface area (Å²) in [6.07, 6.45) is -1.39. The van der Waals surface area contributed by atoms with Crippen LogP contribution in [-0.4, -0.2) is 48.2 Å². The van der Waals surface area contributed by atoms with Crippen LogP contribution >= 0.6 is 0 Å². The summed E-state index contributed by atoms with van der Waals surface area (Å²) in [5.41, 5.74) is 1.10. The third kappa shape index (κ3) is 4.00. The molecule has 0 fully saturated rings. The summed E-state index contributed by atoms with van der Waals surface area (Å²) >= 11 is 0. The summed E-state index contributed by atoms with van der Waals surface area (Å²) in [4.78, 5) is 12.6. The molecule has 1 unspecified atom stereocenters. The van der Waals surface area contributed by atoms with Gasteiger partial charge in [-0.3, -0.25) is 14.0 Å². The van der Waals surface area contributed by atoms with Gasteiger partial charge >= 0.3 is 6.18 Å². The van der Waals surface area contributed by atoms with Gasteiger partial charge in [0.05, 0.1) is 33.2 Å². The molecular formula is C21H19F3N4O3S. The lowest BCUT2D eigenvalue weighted by Gasteiger charge is -2.10. The zero-order valence-corrected chi connectivity index (χ0v) is 17.9. The Morgan fingerprint density at radius 3 is 2.47 bits per heavy atom. The number of aromatic nitrogens is 3. The van der Waals surface area contributed by atoms with Gasteiger partial charge < -0.3 is 5.11 Å². The Hall–Kier alpha value is -3.18. The minimum Gasteiger partial charge on any atom is -0.395 e. The number of hydrogen-bond donors (Lipinski definition) is 1. The zero-order chi connectivity index (χ0) is 23.3. The molecule has 4 rings (SSSR count). The van der Waals surface area contributed by atoms with Crippen LogP contribution in [0.4, 0.5) is 13.2 Å². The molecule has 2 aromatic heterocycles. The number of fused-ring (bicyclic) bond motifs is 3. The second-order valence-corrected chi connectivity index (χ2v) is 9.95. The Morgan fingerprint density at radius 2 is 1.84 bits per heavy atom.